The molecule has 0 radical (unpaired) electrons. The molecule has 2 amide bonds. The van der Waals surface area contributed by atoms with Crippen LogP contribution in [0.3, 0.4) is 0 Å². The Morgan fingerprint density at radius 2 is 1.45 bits per heavy atom. The van der Waals surface area contributed by atoms with Gasteiger partial charge in [-0.2, -0.15) is 13.2 Å². The summed E-state index contributed by atoms with van der Waals surface area (Å²) >= 11 is 0. The topological polar surface area (TPSA) is 128 Å². The van der Waals surface area contributed by atoms with E-state index in [9.17, 15) is 35.9 Å². The maximum Gasteiger partial charge on any atom is 0.407 e. The fourth-order valence-electron chi connectivity index (χ4n) is 5.94. The number of carbonyl (C=O) groups is 2. The average molecular weight is 748 g/mol. The number of ether oxygens (including phenoxy) is 2. The third-order valence-corrected chi connectivity index (χ3v) is 8.68. The van der Waals surface area contributed by atoms with Crippen LogP contribution in [0.2, 0.25) is 0 Å². The number of anilines is 1. The monoisotopic (exact) mass is 747 g/mol. The van der Waals surface area contributed by atoms with Gasteiger partial charge in [-0.1, -0.05) is 36.4 Å². The van der Waals surface area contributed by atoms with Gasteiger partial charge in [-0.25, -0.2) is 22.4 Å². The summed E-state index contributed by atoms with van der Waals surface area (Å²) in [6, 6.07) is 11.8. The summed E-state index contributed by atoms with van der Waals surface area (Å²) in [7, 11) is 0. The van der Waals surface area contributed by atoms with Crippen molar-refractivity contribution in [2.45, 2.75) is 55.6 Å². The minimum absolute atomic E-state index is 0.0537. The Hall–Kier alpha value is -5.06. The van der Waals surface area contributed by atoms with Crippen molar-refractivity contribution < 1.29 is 49.8 Å². The van der Waals surface area contributed by atoms with Gasteiger partial charge in [-0.05, 0) is 65.9 Å². The van der Waals surface area contributed by atoms with Crippen LogP contribution in [0.5, 0.6) is 0 Å². The molecule has 4 atom stereocenters. The zero-order valence-electron chi connectivity index (χ0n) is 28.0. The van der Waals surface area contributed by atoms with Crippen molar-refractivity contribution in [2.24, 2.45) is 5.73 Å². The number of aromatic nitrogens is 1. The van der Waals surface area contributed by atoms with Crippen molar-refractivity contribution in [1.29, 1.82) is 0 Å². The average Bonchev–Trinajstić information content (AvgIpc) is 3.12. The molecule has 0 bridgehead atoms. The van der Waals surface area contributed by atoms with Gasteiger partial charge in [0.2, 0.25) is 5.91 Å². The van der Waals surface area contributed by atoms with Crippen molar-refractivity contribution in [3.05, 3.63) is 131 Å². The van der Waals surface area contributed by atoms with Gasteiger partial charge < -0.3 is 31.2 Å². The molecule has 0 saturated carbocycles. The summed E-state index contributed by atoms with van der Waals surface area (Å²) in [6.07, 6.45) is -4.84. The smallest absolute Gasteiger partial charge is 0.407 e. The Balaban J connectivity index is 1.14. The first kappa shape index (κ1) is 39.2. The Kier molecular flexibility index (Phi) is 13.0. The molecular weight excluding hydrogens is 711 g/mol. The number of rotatable bonds is 13. The fraction of sp³-hybridized carbons (Fsp3) is 0.324. The minimum atomic E-state index is -4.61. The van der Waals surface area contributed by atoms with E-state index in [2.05, 4.69) is 20.9 Å². The van der Waals surface area contributed by atoms with Gasteiger partial charge in [-0.3, -0.25) is 9.78 Å². The SMILES string of the molecule is N[C@H](C(=O)Nc1cncc(F)c1CC[C@@H]1CN[C@H](COC(=O)NC(CC(F)(F)F)c2ccc(F)cc2)CO1)C(c1ccc(F)cc1)c1ccc(F)cc1. The summed E-state index contributed by atoms with van der Waals surface area (Å²) < 4.78 is 106. The molecule has 2 heterocycles. The second-order valence-electron chi connectivity index (χ2n) is 12.5. The highest BCUT2D eigenvalue weighted by atomic mass is 19.4. The molecule has 1 fully saturated rings. The number of nitrogens with two attached hydrogens (primary N) is 1. The number of hydrogen-bond donors (Lipinski definition) is 4. The van der Waals surface area contributed by atoms with Gasteiger partial charge >= 0.3 is 12.3 Å². The number of carbonyl (C=O) groups excluding carboxylic acids is 2. The molecule has 1 aliphatic heterocycles. The number of nitrogens with one attached hydrogen (secondary N) is 3. The van der Waals surface area contributed by atoms with Crippen molar-refractivity contribution in [3.8, 4) is 0 Å². The zero-order valence-corrected chi connectivity index (χ0v) is 28.0. The summed E-state index contributed by atoms with van der Waals surface area (Å²) in [5, 5.41) is 7.95. The summed E-state index contributed by atoms with van der Waals surface area (Å²) in [5.41, 5.74) is 7.70. The molecule has 1 unspecified atom stereocenters. The number of alkyl halides is 3. The van der Waals surface area contributed by atoms with Crippen molar-refractivity contribution >= 4 is 17.7 Å². The van der Waals surface area contributed by atoms with E-state index in [1.54, 1.807) is 0 Å². The predicted molar refractivity (Wildman–Crippen MR) is 180 cm³/mol. The second kappa shape index (κ2) is 17.6. The minimum Gasteiger partial charge on any atom is -0.448 e. The third-order valence-electron chi connectivity index (χ3n) is 8.68. The van der Waals surface area contributed by atoms with E-state index in [1.165, 1.54) is 54.7 Å². The summed E-state index contributed by atoms with van der Waals surface area (Å²) in [6.45, 7) is 0.0957. The predicted octanol–water partition coefficient (Wildman–Crippen LogP) is 6.45. The van der Waals surface area contributed by atoms with Gasteiger partial charge in [0, 0.05) is 18.0 Å². The van der Waals surface area contributed by atoms with Crippen molar-refractivity contribution in [1.82, 2.24) is 15.6 Å². The maximum absolute atomic E-state index is 15.1. The molecule has 1 aliphatic rings. The van der Waals surface area contributed by atoms with Gasteiger partial charge in [-0.15, -0.1) is 0 Å². The molecule has 4 aromatic rings. The Morgan fingerprint density at radius 1 is 0.887 bits per heavy atom. The molecule has 16 heteroatoms. The Labute approximate surface area is 300 Å². The first-order valence-electron chi connectivity index (χ1n) is 16.6. The van der Waals surface area contributed by atoms with Crippen molar-refractivity contribution in [2.75, 3.05) is 25.1 Å². The lowest BCUT2D eigenvalue weighted by molar-refractivity contribution is -0.140. The molecule has 282 valence electrons. The first-order valence-corrected chi connectivity index (χ1v) is 16.6. The summed E-state index contributed by atoms with van der Waals surface area (Å²) in [5.74, 6) is -3.81. The van der Waals surface area contributed by atoms with Crippen LogP contribution in [0.4, 0.5) is 41.2 Å². The van der Waals surface area contributed by atoms with E-state index in [0.29, 0.717) is 17.5 Å². The van der Waals surface area contributed by atoms with E-state index in [1.807, 2.05) is 0 Å². The first-order chi connectivity index (χ1) is 25.3. The number of alkyl carbamates (subject to hydrolysis) is 1. The zero-order chi connectivity index (χ0) is 38.1. The lowest BCUT2D eigenvalue weighted by Gasteiger charge is -2.30. The highest BCUT2D eigenvalue weighted by Crippen LogP contribution is 2.31. The largest absolute Gasteiger partial charge is 0.448 e. The number of benzene rings is 3. The van der Waals surface area contributed by atoms with E-state index >= 15 is 4.39 Å². The van der Waals surface area contributed by atoms with E-state index in [-0.39, 0.29) is 43.0 Å². The maximum atomic E-state index is 15.1. The lowest BCUT2D eigenvalue weighted by Crippen LogP contribution is -2.49. The number of amides is 2. The van der Waals surface area contributed by atoms with Gasteiger partial charge in [0.15, 0.2) is 0 Å². The number of hydrogen-bond acceptors (Lipinski definition) is 7. The number of nitrogens with zero attached hydrogens (tertiary/aromatic N) is 1. The van der Waals surface area contributed by atoms with E-state index in [4.69, 9.17) is 15.2 Å². The molecular formula is C37H36F7N5O4. The van der Waals surface area contributed by atoms with Crippen LogP contribution >= 0.6 is 0 Å². The van der Waals surface area contributed by atoms with Crippen molar-refractivity contribution in [3.63, 3.8) is 0 Å². The molecule has 5 N–H and O–H groups in total. The lowest BCUT2D eigenvalue weighted by atomic mass is 9.85. The molecule has 3 aromatic carbocycles. The van der Waals surface area contributed by atoms with E-state index < -0.39 is 78.0 Å². The highest BCUT2D eigenvalue weighted by molar-refractivity contribution is 5.96. The molecule has 0 spiro atoms. The fourth-order valence-corrected chi connectivity index (χ4v) is 5.94. The van der Waals surface area contributed by atoms with E-state index in [0.717, 1.165) is 30.5 Å². The third kappa shape index (κ3) is 11.2. The molecule has 5 rings (SSSR count). The molecule has 9 nitrogen and oxygen atoms in total. The number of pyridine rings is 1. The second-order valence-corrected chi connectivity index (χ2v) is 12.5. The quantitative estimate of drug-likeness (QED) is 0.116. The number of morpholine rings is 1. The van der Waals surface area contributed by atoms with Gasteiger partial charge in [0.05, 0.1) is 55.3 Å². The van der Waals surface area contributed by atoms with Crippen LogP contribution in [0.1, 0.15) is 47.1 Å². The normalized spacial score (nSPS) is 17.2. The van der Waals surface area contributed by atoms with Crippen LogP contribution in [0.25, 0.3) is 0 Å². The Morgan fingerprint density at radius 3 is 1.98 bits per heavy atom. The molecule has 1 aromatic heterocycles. The highest BCUT2D eigenvalue weighted by Gasteiger charge is 2.34. The summed E-state index contributed by atoms with van der Waals surface area (Å²) in [4.78, 5) is 29.7. The Bertz CT molecular complexity index is 1780. The standard InChI is InChI=1S/C37H36F7N5O4/c38-24-7-1-21(2-8-24)31(15-37(42,43)44)49-36(51)53-20-27-19-52-28(16-47-27)13-14-29-30(41)17-46-18-32(29)48-35(50)34(45)33(22-3-9-25(39)10-4-22)23-5-11-26(40)12-6-23/h1-12,17-18,27-28,31,33-34,47H,13-16,19-20,45H2,(H,48,50)(H,49,51)/t27-,28+,31?,34-/m0/s1. The van der Waals surface area contributed by atoms with Crippen LogP contribution in [0.15, 0.2) is 85.2 Å². The van der Waals surface area contributed by atoms with Crippen LogP contribution in [-0.2, 0) is 20.7 Å². The molecule has 1 saturated heterocycles. The van der Waals surface area contributed by atoms with Gasteiger partial charge in [0.25, 0.3) is 0 Å². The van der Waals surface area contributed by atoms with Crippen LogP contribution < -0.4 is 21.7 Å². The molecule has 53 heavy (non-hydrogen) atoms. The van der Waals surface area contributed by atoms with Crippen LogP contribution in [0, 0.1) is 23.3 Å². The number of halogens is 7. The van der Waals surface area contributed by atoms with Gasteiger partial charge in [0.1, 0.15) is 29.9 Å². The van der Waals surface area contributed by atoms with Crippen LogP contribution in [-0.4, -0.2) is 61.1 Å². The molecule has 0 aliphatic carbocycles.